The number of hydrogen-bond acceptors (Lipinski definition) is 0. The van der Waals surface area contributed by atoms with E-state index >= 15 is 0 Å². The fourth-order valence-electron chi connectivity index (χ4n) is 5.00. The molecule has 4 unspecified atom stereocenters. The molecule has 0 aliphatic heterocycles. The van der Waals surface area contributed by atoms with E-state index in [0.29, 0.717) is 0 Å². The topological polar surface area (TPSA) is 0 Å². The average Bonchev–Trinajstić information content (AvgIpc) is 2.75. The molecule has 0 heteroatoms. The molecular formula is C10H14. The van der Waals surface area contributed by atoms with Gasteiger partial charge in [0, 0.05) is 0 Å². The molecule has 54 valence electrons. The van der Waals surface area contributed by atoms with Gasteiger partial charge in [-0.15, -0.1) is 0 Å². The van der Waals surface area contributed by atoms with Gasteiger partial charge in [0.1, 0.15) is 0 Å². The van der Waals surface area contributed by atoms with E-state index in [-0.39, 0.29) is 0 Å². The van der Waals surface area contributed by atoms with E-state index in [2.05, 4.69) is 0 Å². The maximum absolute atomic E-state index is 1.62. The van der Waals surface area contributed by atoms with Gasteiger partial charge in [-0.25, -0.2) is 0 Å². The van der Waals surface area contributed by atoms with E-state index in [1.54, 1.807) is 32.1 Å². The average molecular weight is 134 g/mol. The normalized spacial score (nSPS) is 74.4. The van der Waals surface area contributed by atoms with Crippen LogP contribution < -0.4 is 0 Å². The lowest BCUT2D eigenvalue weighted by Gasteiger charge is -2.04. The second-order valence-corrected chi connectivity index (χ2v) is 4.93. The van der Waals surface area contributed by atoms with Crippen molar-refractivity contribution in [2.24, 2.45) is 29.1 Å². The summed E-state index contributed by atoms with van der Waals surface area (Å²) >= 11 is 0. The van der Waals surface area contributed by atoms with Crippen LogP contribution in [0.15, 0.2) is 0 Å². The molecule has 0 bridgehead atoms. The molecule has 0 aromatic heterocycles. The summed E-state index contributed by atoms with van der Waals surface area (Å²) in [6, 6.07) is 0. The van der Waals surface area contributed by atoms with Crippen LogP contribution in [0.5, 0.6) is 0 Å². The molecule has 0 nitrogen and oxygen atoms in total. The van der Waals surface area contributed by atoms with Crippen LogP contribution in [0.2, 0.25) is 0 Å². The standard InChI is InChI=1S/C10H14/c1-2-6-8-4-5-9-7(3-1)10(6,8)9/h6-9H,1-5H2. The number of hydrogen-bond donors (Lipinski definition) is 0. The molecule has 4 aliphatic carbocycles. The summed E-state index contributed by atoms with van der Waals surface area (Å²) in [6.45, 7) is 0. The number of rotatable bonds is 0. The van der Waals surface area contributed by atoms with Crippen molar-refractivity contribution in [3.63, 3.8) is 0 Å². The van der Waals surface area contributed by atoms with E-state index in [9.17, 15) is 0 Å². The van der Waals surface area contributed by atoms with Crippen molar-refractivity contribution in [1.82, 2.24) is 0 Å². The van der Waals surface area contributed by atoms with E-state index in [0.717, 1.165) is 5.41 Å². The molecule has 1 spiro atoms. The highest BCUT2D eigenvalue weighted by atomic mass is 14.9. The van der Waals surface area contributed by atoms with Crippen molar-refractivity contribution in [2.75, 3.05) is 0 Å². The van der Waals surface area contributed by atoms with Gasteiger partial charge in [0.25, 0.3) is 0 Å². The first-order chi connectivity index (χ1) is 4.95. The molecular weight excluding hydrogens is 120 g/mol. The molecule has 10 heavy (non-hydrogen) atoms. The summed E-state index contributed by atoms with van der Waals surface area (Å²) in [6.07, 6.45) is 8.02. The van der Waals surface area contributed by atoms with Crippen molar-refractivity contribution in [2.45, 2.75) is 32.1 Å². The van der Waals surface area contributed by atoms with Crippen molar-refractivity contribution < 1.29 is 0 Å². The maximum atomic E-state index is 1.62. The van der Waals surface area contributed by atoms with Crippen LogP contribution in [0.4, 0.5) is 0 Å². The monoisotopic (exact) mass is 134 g/mol. The van der Waals surface area contributed by atoms with Crippen LogP contribution in [0, 0.1) is 29.1 Å². The van der Waals surface area contributed by atoms with Crippen LogP contribution in [0.1, 0.15) is 32.1 Å². The Balaban J connectivity index is 1.86. The third kappa shape index (κ3) is 0.258. The fourth-order valence-corrected chi connectivity index (χ4v) is 5.00. The van der Waals surface area contributed by atoms with Crippen LogP contribution in [0.25, 0.3) is 0 Å². The van der Waals surface area contributed by atoms with Gasteiger partial charge in [0.15, 0.2) is 0 Å². The molecule has 4 aliphatic rings. The van der Waals surface area contributed by atoms with Gasteiger partial charge in [-0.2, -0.15) is 0 Å². The summed E-state index contributed by atoms with van der Waals surface area (Å²) in [4.78, 5) is 0. The zero-order valence-corrected chi connectivity index (χ0v) is 6.34. The SMILES string of the molecule is C1CC2C3CCC4C(C1)C234. The molecule has 4 saturated carbocycles. The van der Waals surface area contributed by atoms with Gasteiger partial charge in [-0.3, -0.25) is 0 Å². The highest BCUT2D eigenvalue weighted by Gasteiger charge is 2.86. The lowest BCUT2D eigenvalue weighted by atomic mass is 10.0. The maximum Gasteiger partial charge on any atom is -0.0173 e. The van der Waals surface area contributed by atoms with Crippen molar-refractivity contribution in [3.05, 3.63) is 0 Å². The minimum absolute atomic E-state index is 1.04. The zero-order chi connectivity index (χ0) is 6.34. The molecule has 4 atom stereocenters. The van der Waals surface area contributed by atoms with Crippen molar-refractivity contribution in [3.8, 4) is 0 Å². The smallest absolute Gasteiger partial charge is 0.0173 e. The summed E-state index contributed by atoms with van der Waals surface area (Å²) in [7, 11) is 0. The quantitative estimate of drug-likeness (QED) is 0.477. The molecule has 0 aromatic rings. The van der Waals surface area contributed by atoms with Gasteiger partial charge in [-0.05, 0) is 54.8 Å². The Labute approximate surface area is 62.0 Å². The Bertz CT molecular complexity index is 173. The summed E-state index contributed by atoms with van der Waals surface area (Å²) < 4.78 is 0. The lowest BCUT2D eigenvalue weighted by Crippen LogP contribution is -1.93. The molecule has 4 rings (SSSR count). The Morgan fingerprint density at radius 3 is 1.70 bits per heavy atom. The minimum Gasteiger partial charge on any atom is -0.0527 e. The predicted octanol–water partition coefficient (Wildman–Crippen LogP) is 2.44. The minimum atomic E-state index is 1.04. The summed E-state index contributed by atoms with van der Waals surface area (Å²) in [5.74, 6) is 5.02. The fraction of sp³-hybridized carbons (Fsp3) is 1.00. The van der Waals surface area contributed by atoms with Crippen LogP contribution in [0.3, 0.4) is 0 Å². The van der Waals surface area contributed by atoms with E-state index in [4.69, 9.17) is 0 Å². The van der Waals surface area contributed by atoms with Crippen LogP contribution in [-0.4, -0.2) is 0 Å². The summed E-state index contributed by atoms with van der Waals surface area (Å²) in [5.41, 5.74) is 1.04. The molecule has 4 fully saturated rings. The molecule has 0 N–H and O–H groups in total. The van der Waals surface area contributed by atoms with Crippen molar-refractivity contribution >= 4 is 0 Å². The molecule has 0 saturated heterocycles. The highest BCUT2D eigenvalue weighted by Crippen LogP contribution is 2.91. The van der Waals surface area contributed by atoms with Gasteiger partial charge in [-0.1, -0.05) is 6.42 Å². The highest BCUT2D eigenvalue weighted by molar-refractivity contribution is 5.33. The number of fused-ring (bicyclic) bond motifs is 2. The van der Waals surface area contributed by atoms with Gasteiger partial charge < -0.3 is 0 Å². The third-order valence-electron chi connectivity index (χ3n) is 5.14. The van der Waals surface area contributed by atoms with Crippen LogP contribution in [-0.2, 0) is 0 Å². The van der Waals surface area contributed by atoms with Crippen molar-refractivity contribution in [1.29, 1.82) is 0 Å². The van der Waals surface area contributed by atoms with Gasteiger partial charge in [0.05, 0.1) is 0 Å². The van der Waals surface area contributed by atoms with E-state index in [1.807, 2.05) is 0 Å². The predicted molar refractivity (Wildman–Crippen MR) is 39.5 cm³/mol. The van der Waals surface area contributed by atoms with Gasteiger partial charge >= 0.3 is 0 Å². The Morgan fingerprint density at radius 2 is 1.20 bits per heavy atom. The molecule has 0 aromatic carbocycles. The Kier molecular flexibility index (Phi) is 0.522. The second-order valence-electron chi connectivity index (χ2n) is 4.93. The van der Waals surface area contributed by atoms with Crippen LogP contribution >= 0.6 is 0 Å². The molecule has 0 amide bonds. The lowest BCUT2D eigenvalue weighted by molar-refractivity contribution is 0.468. The summed E-state index contributed by atoms with van der Waals surface area (Å²) in [5, 5.41) is 0. The van der Waals surface area contributed by atoms with Gasteiger partial charge in [0.2, 0.25) is 0 Å². The first kappa shape index (κ1) is 4.79. The molecule has 0 heterocycles. The Hall–Kier alpha value is 0. The Morgan fingerprint density at radius 1 is 0.700 bits per heavy atom. The molecule has 0 radical (unpaired) electrons. The first-order valence-corrected chi connectivity index (χ1v) is 4.95. The van der Waals surface area contributed by atoms with E-state index < -0.39 is 0 Å². The first-order valence-electron chi connectivity index (χ1n) is 4.95. The second kappa shape index (κ2) is 1.09. The zero-order valence-electron chi connectivity index (χ0n) is 6.34. The third-order valence-corrected chi connectivity index (χ3v) is 5.14. The van der Waals surface area contributed by atoms with E-state index in [1.165, 1.54) is 23.7 Å². The largest absolute Gasteiger partial charge is 0.0527 e.